The van der Waals surface area contributed by atoms with Crippen LogP contribution < -0.4 is 20.1 Å². The maximum Gasteiger partial charge on any atom is 0.288 e. The van der Waals surface area contributed by atoms with Gasteiger partial charge in [-0.25, -0.2) is 4.98 Å². The van der Waals surface area contributed by atoms with Gasteiger partial charge in [-0.1, -0.05) is 6.57 Å². The SMILES string of the molecule is [C-]#[N+]c1cnc(Nc2cc(-c3ccc(O[C@H]4CCNC4)cc3OC)[nH]n2)cn1. The van der Waals surface area contributed by atoms with E-state index >= 15 is 0 Å². The fourth-order valence-electron chi connectivity index (χ4n) is 2.99. The monoisotopic (exact) mass is 377 g/mol. The molecule has 1 fully saturated rings. The van der Waals surface area contributed by atoms with Crippen molar-refractivity contribution in [2.24, 2.45) is 0 Å². The number of H-pyrrole nitrogens is 1. The van der Waals surface area contributed by atoms with Gasteiger partial charge in [-0.15, -0.1) is 4.98 Å². The van der Waals surface area contributed by atoms with Crippen LogP contribution in [0.15, 0.2) is 36.7 Å². The van der Waals surface area contributed by atoms with Gasteiger partial charge < -0.3 is 25.0 Å². The fraction of sp³-hybridized carbons (Fsp3) is 0.263. The Balaban J connectivity index is 1.51. The van der Waals surface area contributed by atoms with Crippen molar-refractivity contribution >= 4 is 17.5 Å². The third-order valence-corrected chi connectivity index (χ3v) is 4.37. The Hall–Kier alpha value is -3.64. The highest BCUT2D eigenvalue weighted by Crippen LogP contribution is 2.34. The number of benzene rings is 1. The zero-order chi connectivity index (χ0) is 19.3. The molecule has 0 spiro atoms. The lowest BCUT2D eigenvalue weighted by molar-refractivity contribution is 0.222. The van der Waals surface area contributed by atoms with Crippen molar-refractivity contribution in [1.82, 2.24) is 25.5 Å². The minimum atomic E-state index is 0.189. The molecule has 2 aromatic heterocycles. The van der Waals surface area contributed by atoms with Gasteiger partial charge >= 0.3 is 0 Å². The second-order valence-electron chi connectivity index (χ2n) is 6.26. The molecule has 0 bridgehead atoms. The van der Waals surface area contributed by atoms with Gasteiger partial charge in [0.1, 0.15) is 17.6 Å². The van der Waals surface area contributed by atoms with Crippen molar-refractivity contribution in [2.75, 3.05) is 25.5 Å². The van der Waals surface area contributed by atoms with Crippen molar-refractivity contribution in [3.8, 4) is 22.8 Å². The summed E-state index contributed by atoms with van der Waals surface area (Å²) in [5, 5.41) is 13.6. The molecule has 9 heteroatoms. The van der Waals surface area contributed by atoms with Gasteiger partial charge in [-0.2, -0.15) is 5.10 Å². The van der Waals surface area contributed by atoms with E-state index in [2.05, 4.69) is 35.6 Å². The van der Waals surface area contributed by atoms with E-state index in [0.29, 0.717) is 17.4 Å². The molecule has 1 atom stereocenters. The molecule has 1 saturated heterocycles. The summed E-state index contributed by atoms with van der Waals surface area (Å²) in [6.45, 7) is 8.75. The number of aromatic amines is 1. The van der Waals surface area contributed by atoms with Crippen LogP contribution in [0.4, 0.5) is 17.5 Å². The summed E-state index contributed by atoms with van der Waals surface area (Å²) in [6, 6.07) is 7.61. The molecule has 1 aromatic carbocycles. The van der Waals surface area contributed by atoms with Crippen LogP contribution in [0.3, 0.4) is 0 Å². The number of nitrogens with one attached hydrogen (secondary N) is 3. The van der Waals surface area contributed by atoms with E-state index in [1.807, 2.05) is 24.3 Å². The molecule has 0 aliphatic carbocycles. The average molecular weight is 377 g/mol. The normalized spacial score (nSPS) is 15.8. The summed E-state index contributed by atoms with van der Waals surface area (Å²) < 4.78 is 11.5. The molecule has 142 valence electrons. The Morgan fingerprint density at radius 3 is 2.86 bits per heavy atom. The molecule has 0 saturated carbocycles. The Bertz CT molecular complexity index is 988. The number of rotatable bonds is 6. The van der Waals surface area contributed by atoms with Crippen LogP contribution in [0.2, 0.25) is 0 Å². The zero-order valence-corrected chi connectivity index (χ0v) is 15.3. The number of nitrogens with zero attached hydrogens (tertiary/aromatic N) is 4. The van der Waals surface area contributed by atoms with Crippen molar-refractivity contribution in [3.63, 3.8) is 0 Å². The highest BCUT2D eigenvalue weighted by Gasteiger charge is 2.17. The molecule has 3 heterocycles. The van der Waals surface area contributed by atoms with E-state index in [9.17, 15) is 0 Å². The molecule has 0 radical (unpaired) electrons. The summed E-state index contributed by atoms with van der Waals surface area (Å²) in [5.74, 6) is 2.81. The zero-order valence-electron chi connectivity index (χ0n) is 15.3. The highest BCUT2D eigenvalue weighted by atomic mass is 16.5. The van der Waals surface area contributed by atoms with Crippen LogP contribution in [-0.2, 0) is 0 Å². The van der Waals surface area contributed by atoms with Crippen LogP contribution >= 0.6 is 0 Å². The molecule has 0 unspecified atom stereocenters. The molecule has 3 N–H and O–H groups in total. The van der Waals surface area contributed by atoms with Gasteiger partial charge in [0.25, 0.3) is 5.82 Å². The quantitative estimate of drug-likeness (QED) is 0.568. The minimum Gasteiger partial charge on any atom is -0.496 e. The van der Waals surface area contributed by atoms with Crippen LogP contribution in [-0.4, -0.2) is 46.5 Å². The van der Waals surface area contributed by atoms with Gasteiger partial charge in [0.05, 0.1) is 19.0 Å². The Morgan fingerprint density at radius 2 is 2.14 bits per heavy atom. The number of methoxy groups -OCH3 is 1. The van der Waals surface area contributed by atoms with E-state index in [1.165, 1.54) is 12.4 Å². The lowest BCUT2D eigenvalue weighted by Crippen LogP contribution is -2.19. The molecular formula is C19H19N7O2. The number of aromatic nitrogens is 4. The predicted octanol–water partition coefficient (Wildman–Crippen LogP) is 2.91. The van der Waals surface area contributed by atoms with Crippen LogP contribution in [0.1, 0.15) is 6.42 Å². The summed E-state index contributed by atoms with van der Waals surface area (Å²) in [5.41, 5.74) is 1.66. The molecule has 1 aliphatic rings. The maximum atomic E-state index is 6.91. The van der Waals surface area contributed by atoms with Gasteiger partial charge in [0, 0.05) is 24.2 Å². The van der Waals surface area contributed by atoms with Gasteiger partial charge in [-0.05, 0) is 25.1 Å². The fourth-order valence-corrected chi connectivity index (χ4v) is 2.99. The van der Waals surface area contributed by atoms with Gasteiger partial charge in [0.2, 0.25) is 0 Å². The molecule has 0 amide bonds. The first kappa shape index (κ1) is 17.8. The average Bonchev–Trinajstić information content (AvgIpc) is 3.41. The molecule has 3 aromatic rings. The third-order valence-electron chi connectivity index (χ3n) is 4.37. The van der Waals surface area contributed by atoms with Crippen LogP contribution in [0.25, 0.3) is 16.1 Å². The van der Waals surface area contributed by atoms with E-state index in [0.717, 1.165) is 36.5 Å². The second-order valence-corrected chi connectivity index (χ2v) is 6.26. The van der Waals surface area contributed by atoms with Crippen LogP contribution in [0.5, 0.6) is 11.5 Å². The van der Waals surface area contributed by atoms with Crippen molar-refractivity contribution in [3.05, 3.63) is 48.1 Å². The minimum absolute atomic E-state index is 0.189. The summed E-state index contributed by atoms with van der Waals surface area (Å²) in [4.78, 5) is 11.3. The second kappa shape index (κ2) is 7.94. The van der Waals surface area contributed by atoms with Crippen molar-refractivity contribution < 1.29 is 9.47 Å². The number of hydrogen-bond acceptors (Lipinski definition) is 7. The van der Waals surface area contributed by atoms with Crippen molar-refractivity contribution in [1.29, 1.82) is 0 Å². The summed E-state index contributed by atoms with van der Waals surface area (Å²) in [7, 11) is 1.63. The van der Waals surface area contributed by atoms with E-state index < -0.39 is 0 Å². The number of ether oxygens (including phenoxy) is 2. The molecule has 9 nitrogen and oxygen atoms in total. The molecule has 28 heavy (non-hydrogen) atoms. The maximum absolute atomic E-state index is 6.91. The smallest absolute Gasteiger partial charge is 0.288 e. The van der Waals surface area contributed by atoms with E-state index in [1.54, 1.807) is 7.11 Å². The first-order chi connectivity index (χ1) is 13.7. The Labute approximate surface area is 161 Å². The standard InChI is InChI=1S/C19H19N7O2/c1-20-18-10-23-19(11-22-18)24-17-8-15(25-26-17)14-4-3-12(7-16(14)27-2)28-13-5-6-21-9-13/h3-4,7-8,10-11,13,21H,5-6,9H2,2H3,(H2,23,24,25,26)/t13-/m0/s1. The molecule has 1 aliphatic heterocycles. The number of hydrogen-bond donors (Lipinski definition) is 3. The van der Waals surface area contributed by atoms with Crippen LogP contribution in [0, 0.1) is 6.57 Å². The topological polar surface area (TPSA) is 101 Å². The Kier molecular flexibility index (Phi) is 5.03. The van der Waals surface area contributed by atoms with E-state index in [-0.39, 0.29) is 11.9 Å². The lowest BCUT2D eigenvalue weighted by atomic mass is 10.1. The van der Waals surface area contributed by atoms with Gasteiger partial charge in [-0.3, -0.25) is 5.10 Å². The van der Waals surface area contributed by atoms with E-state index in [4.69, 9.17) is 16.0 Å². The lowest BCUT2D eigenvalue weighted by Gasteiger charge is -2.14. The third kappa shape index (κ3) is 3.87. The van der Waals surface area contributed by atoms with Crippen molar-refractivity contribution in [2.45, 2.75) is 12.5 Å². The molecular weight excluding hydrogens is 358 g/mol. The number of anilines is 2. The largest absolute Gasteiger partial charge is 0.496 e. The highest BCUT2D eigenvalue weighted by molar-refractivity contribution is 5.71. The Morgan fingerprint density at radius 1 is 1.21 bits per heavy atom. The first-order valence-electron chi connectivity index (χ1n) is 8.83. The first-order valence-corrected chi connectivity index (χ1v) is 8.83. The summed E-state index contributed by atoms with van der Waals surface area (Å²) in [6.07, 6.45) is 4.09. The summed E-state index contributed by atoms with van der Waals surface area (Å²) >= 11 is 0. The molecule has 4 rings (SSSR count). The van der Waals surface area contributed by atoms with Gasteiger partial charge in [0.15, 0.2) is 17.8 Å². The predicted molar refractivity (Wildman–Crippen MR) is 104 cm³/mol.